The van der Waals surface area contributed by atoms with E-state index in [2.05, 4.69) is 11.4 Å². The molecule has 1 aromatic carbocycles. The van der Waals surface area contributed by atoms with Gasteiger partial charge >= 0.3 is 0 Å². The van der Waals surface area contributed by atoms with Crippen molar-refractivity contribution in [2.24, 2.45) is 0 Å². The van der Waals surface area contributed by atoms with Gasteiger partial charge in [0.15, 0.2) is 5.78 Å². The SMILES string of the molecule is O=C1C=Cc2csc3cccc1c23. The number of hydrogen-bond acceptors (Lipinski definition) is 2. The van der Waals surface area contributed by atoms with Crippen molar-refractivity contribution >= 4 is 33.3 Å². The zero-order valence-electron chi connectivity index (χ0n) is 6.78. The molecular weight excluding hydrogens is 180 g/mol. The average Bonchev–Trinajstić information content (AvgIpc) is 2.57. The van der Waals surface area contributed by atoms with E-state index in [1.807, 2.05) is 18.2 Å². The van der Waals surface area contributed by atoms with Gasteiger partial charge in [0.25, 0.3) is 0 Å². The van der Waals surface area contributed by atoms with Crippen LogP contribution in [-0.2, 0) is 0 Å². The van der Waals surface area contributed by atoms with Crippen molar-refractivity contribution in [2.75, 3.05) is 0 Å². The largest absolute Gasteiger partial charge is 0.289 e. The van der Waals surface area contributed by atoms with Crippen molar-refractivity contribution in [3.63, 3.8) is 0 Å². The Bertz CT molecular complexity index is 534. The molecule has 1 nitrogen and oxygen atoms in total. The fourth-order valence-corrected chi connectivity index (χ4v) is 2.65. The lowest BCUT2D eigenvalue weighted by atomic mass is 9.98. The molecule has 0 bridgehead atoms. The van der Waals surface area contributed by atoms with E-state index >= 15 is 0 Å². The molecule has 0 atom stereocenters. The van der Waals surface area contributed by atoms with E-state index in [1.54, 1.807) is 17.4 Å². The van der Waals surface area contributed by atoms with Crippen LogP contribution in [0.4, 0.5) is 0 Å². The van der Waals surface area contributed by atoms with E-state index in [-0.39, 0.29) is 5.78 Å². The average molecular weight is 186 g/mol. The summed E-state index contributed by atoms with van der Waals surface area (Å²) in [5.41, 5.74) is 2.02. The second-order valence-electron chi connectivity index (χ2n) is 3.07. The van der Waals surface area contributed by atoms with Crippen molar-refractivity contribution in [3.05, 3.63) is 40.8 Å². The molecule has 0 N–H and O–H groups in total. The number of carbonyl (C=O) groups excluding carboxylic acids is 1. The van der Waals surface area contributed by atoms with Crippen molar-refractivity contribution in [1.29, 1.82) is 0 Å². The Morgan fingerprint density at radius 2 is 2.08 bits per heavy atom. The molecule has 62 valence electrons. The van der Waals surface area contributed by atoms with Gasteiger partial charge in [0, 0.05) is 15.6 Å². The number of thiophene rings is 1. The van der Waals surface area contributed by atoms with Gasteiger partial charge in [0.05, 0.1) is 0 Å². The molecule has 0 fully saturated rings. The van der Waals surface area contributed by atoms with Gasteiger partial charge in [-0.2, -0.15) is 0 Å². The molecule has 1 aromatic heterocycles. The summed E-state index contributed by atoms with van der Waals surface area (Å²) < 4.78 is 1.20. The smallest absolute Gasteiger partial charge is 0.186 e. The van der Waals surface area contributed by atoms with Crippen LogP contribution in [0, 0.1) is 0 Å². The quantitative estimate of drug-likeness (QED) is 0.617. The Hall–Kier alpha value is -1.41. The van der Waals surface area contributed by atoms with E-state index in [1.165, 1.54) is 10.3 Å². The van der Waals surface area contributed by atoms with Gasteiger partial charge in [0.1, 0.15) is 0 Å². The molecule has 0 aliphatic heterocycles. The number of benzene rings is 1. The summed E-state index contributed by atoms with van der Waals surface area (Å²) in [5, 5.41) is 3.22. The number of ketones is 1. The van der Waals surface area contributed by atoms with Gasteiger partial charge in [-0.25, -0.2) is 0 Å². The second kappa shape index (κ2) is 2.30. The highest BCUT2D eigenvalue weighted by molar-refractivity contribution is 7.17. The molecule has 1 aliphatic rings. The summed E-state index contributed by atoms with van der Waals surface area (Å²) in [6.45, 7) is 0. The molecular formula is C11H6OS. The highest BCUT2D eigenvalue weighted by Crippen LogP contribution is 2.32. The molecule has 0 saturated carbocycles. The third-order valence-corrected chi connectivity index (χ3v) is 3.27. The predicted octanol–water partition coefficient (Wildman–Crippen LogP) is 3.11. The maximum atomic E-state index is 11.5. The van der Waals surface area contributed by atoms with Gasteiger partial charge in [-0.05, 0) is 29.2 Å². The van der Waals surface area contributed by atoms with Crippen molar-refractivity contribution in [2.45, 2.75) is 0 Å². The van der Waals surface area contributed by atoms with E-state index in [9.17, 15) is 4.79 Å². The maximum absolute atomic E-state index is 11.5. The van der Waals surface area contributed by atoms with Crippen LogP contribution in [0.3, 0.4) is 0 Å². The van der Waals surface area contributed by atoms with Crippen LogP contribution in [0.25, 0.3) is 16.2 Å². The van der Waals surface area contributed by atoms with Crippen molar-refractivity contribution < 1.29 is 4.79 Å². The lowest BCUT2D eigenvalue weighted by molar-refractivity contribution is 0.104. The molecule has 2 heteroatoms. The van der Waals surface area contributed by atoms with Crippen LogP contribution < -0.4 is 0 Å². The van der Waals surface area contributed by atoms with E-state index in [4.69, 9.17) is 0 Å². The molecule has 3 rings (SSSR count). The molecule has 1 heterocycles. The van der Waals surface area contributed by atoms with Gasteiger partial charge < -0.3 is 0 Å². The normalized spacial score (nSPS) is 14.0. The zero-order chi connectivity index (χ0) is 8.84. The van der Waals surface area contributed by atoms with Crippen LogP contribution in [0.2, 0.25) is 0 Å². The van der Waals surface area contributed by atoms with E-state index in [0.717, 1.165) is 10.9 Å². The number of rotatable bonds is 0. The van der Waals surface area contributed by atoms with Crippen molar-refractivity contribution in [3.8, 4) is 0 Å². The lowest BCUT2D eigenvalue weighted by Crippen LogP contribution is -1.98. The fraction of sp³-hybridized carbons (Fsp3) is 0. The van der Waals surface area contributed by atoms with Gasteiger partial charge in [-0.1, -0.05) is 12.1 Å². The summed E-state index contributed by atoms with van der Waals surface area (Å²) >= 11 is 1.69. The molecule has 1 aliphatic carbocycles. The molecule has 13 heavy (non-hydrogen) atoms. The summed E-state index contributed by atoms with van der Waals surface area (Å²) in [6, 6.07) is 5.89. The third kappa shape index (κ3) is 0.835. The Morgan fingerprint density at radius 3 is 3.00 bits per heavy atom. The Labute approximate surface area is 79.3 Å². The fourth-order valence-electron chi connectivity index (χ4n) is 1.70. The van der Waals surface area contributed by atoms with Crippen LogP contribution in [0.5, 0.6) is 0 Å². The standard InChI is InChI=1S/C11H6OS/c12-9-5-4-7-6-13-10-3-1-2-8(9)11(7)10/h1-6H. The Balaban J connectivity index is 2.59. The van der Waals surface area contributed by atoms with Gasteiger partial charge in [-0.3, -0.25) is 4.79 Å². The molecule has 2 aromatic rings. The first-order valence-electron chi connectivity index (χ1n) is 4.09. The second-order valence-corrected chi connectivity index (χ2v) is 3.98. The first kappa shape index (κ1) is 7.04. The minimum atomic E-state index is 0.122. The van der Waals surface area contributed by atoms with Crippen LogP contribution >= 0.6 is 11.3 Å². The van der Waals surface area contributed by atoms with Crippen LogP contribution in [0.1, 0.15) is 15.9 Å². The topological polar surface area (TPSA) is 17.1 Å². The molecule has 0 unspecified atom stereocenters. The highest BCUT2D eigenvalue weighted by Gasteiger charge is 2.14. The number of hydrogen-bond donors (Lipinski definition) is 0. The summed E-state index contributed by atoms with van der Waals surface area (Å²) in [5.74, 6) is 0.122. The van der Waals surface area contributed by atoms with E-state index in [0.29, 0.717) is 0 Å². The summed E-state index contributed by atoms with van der Waals surface area (Å²) in [7, 11) is 0. The predicted molar refractivity (Wildman–Crippen MR) is 55.2 cm³/mol. The molecule has 0 spiro atoms. The first-order valence-corrected chi connectivity index (χ1v) is 4.97. The monoisotopic (exact) mass is 186 g/mol. The van der Waals surface area contributed by atoms with Gasteiger partial charge in [-0.15, -0.1) is 11.3 Å². The van der Waals surface area contributed by atoms with E-state index < -0.39 is 0 Å². The van der Waals surface area contributed by atoms with Crippen LogP contribution in [-0.4, -0.2) is 5.78 Å². The Morgan fingerprint density at radius 1 is 1.15 bits per heavy atom. The first-order chi connectivity index (χ1) is 6.36. The third-order valence-electron chi connectivity index (χ3n) is 2.31. The minimum Gasteiger partial charge on any atom is -0.289 e. The lowest BCUT2D eigenvalue weighted by Gasteiger charge is -2.04. The number of carbonyl (C=O) groups is 1. The van der Waals surface area contributed by atoms with Gasteiger partial charge in [0.2, 0.25) is 0 Å². The van der Waals surface area contributed by atoms with Crippen molar-refractivity contribution in [1.82, 2.24) is 0 Å². The number of allylic oxidation sites excluding steroid dienone is 1. The minimum absolute atomic E-state index is 0.122. The van der Waals surface area contributed by atoms with Crippen LogP contribution in [0.15, 0.2) is 29.7 Å². The Kier molecular flexibility index (Phi) is 1.24. The summed E-state index contributed by atoms with van der Waals surface area (Å²) in [6.07, 6.45) is 3.54. The summed E-state index contributed by atoms with van der Waals surface area (Å²) in [4.78, 5) is 11.5. The zero-order valence-corrected chi connectivity index (χ0v) is 7.60. The highest BCUT2D eigenvalue weighted by atomic mass is 32.1. The maximum Gasteiger partial charge on any atom is 0.186 e. The molecule has 0 saturated heterocycles. The molecule has 0 radical (unpaired) electrons. The molecule has 0 amide bonds.